The van der Waals surface area contributed by atoms with E-state index in [9.17, 15) is 0 Å². The largest absolute Gasteiger partial charge is 0.493 e. The van der Waals surface area contributed by atoms with Crippen LogP contribution in [0.1, 0.15) is 25.8 Å². The van der Waals surface area contributed by atoms with E-state index in [0.29, 0.717) is 11.8 Å². The van der Waals surface area contributed by atoms with Crippen LogP contribution in [-0.2, 0) is 0 Å². The van der Waals surface area contributed by atoms with Crippen LogP contribution in [0.2, 0.25) is 0 Å². The molecule has 0 saturated heterocycles. The van der Waals surface area contributed by atoms with Gasteiger partial charge < -0.3 is 4.74 Å². The molecule has 0 amide bonds. The highest BCUT2D eigenvalue weighted by atomic mass is 35.5. The van der Waals surface area contributed by atoms with E-state index >= 15 is 0 Å². The fraction of sp³-hybridized carbons (Fsp3) is 0.278. The number of ether oxygens (including phenoxy) is 1. The van der Waals surface area contributed by atoms with E-state index in [1.54, 1.807) is 6.21 Å². The van der Waals surface area contributed by atoms with E-state index < -0.39 is 0 Å². The fourth-order valence-corrected chi connectivity index (χ4v) is 2.43. The van der Waals surface area contributed by atoms with Crippen molar-refractivity contribution in [3.8, 4) is 5.75 Å². The van der Waals surface area contributed by atoms with Gasteiger partial charge in [-0.15, -0.1) is 6.58 Å². The standard InChI is InChI=1S/C18H20ClNO/c1-4-5-11-21-16-8-6-7-15(12-16)17-9-10-20-18(19)14(3)13(17)2/h4,6-10,12-13H,1,5,11H2,2-3H3. The molecule has 2 rings (SSSR count). The number of rotatable bonds is 5. The lowest BCUT2D eigenvalue weighted by Crippen LogP contribution is -2.02. The van der Waals surface area contributed by atoms with E-state index in [0.717, 1.165) is 23.3 Å². The van der Waals surface area contributed by atoms with E-state index in [2.05, 4.69) is 30.6 Å². The maximum Gasteiger partial charge on any atom is 0.128 e. The SMILES string of the molecule is C=CCCOc1cccc(C2=CC=NC(Cl)=C(C)C2C)c1. The minimum atomic E-state index is 0.225. The summed E-state index contributed by atoms with van der Waals surface area (Å²) in [4.78, 5) is 4.22. The molecule has 0 radical (unpaired) electrons. The smallest absolute Gasteiger partial charge is 0.128 e. The van der Waals surface area contributed by atoms with E-state index in [4.69, 9.17) is 16.3 Å². The Kier molecular flexibility index (Phi) is 5.40. The Morgan fingerprint density at radius 3 is 3.00 bits per heavy atom. The molecule has 110 valence electrons. The Labute approximate surface area is 131 Å². The average Bonchev–Trinajstić information content (AvgIpc) is 2.62. The van der Waals surface area contributed by atoms with Crippen LogP contribution >= 0.6 is 11.6 Å². The molecule has 1 aliphatic rings. The van der Waals surface area contributed by atoms with Crippen molar-refractivity contribution in [2.24, 2.45) is 10.9 Å². The first-order valence-electron chi connectivity index (χ1n) is 7.08. The molecule has 1 aromatic carbocycles. The van der Waals surface area contributed by atoms with Crippen LogP contribution in [-0.4, -0.2) is 12.8 Å². The minimum Gasteiger partial charge on any atom is -0.493 e. The number of hydrogen-bond acceptors (Lipinski definition) is 2. The molecule has 1 unspecified atom stereocenters. The van der Waals surface area contributed by atoms with Crippen molar-refractivity contribution in [3.63, 3.8) is 0 Å². The lowest BCUT2D eigenvalue weighted by atomic mass is 9.89. The number of allylic oxidation sites excluding steroid dienone is 3. The highest BCUT2D eigenvalue weighted by Crippen LogP contribution is 2.34. The second kappa shape index (κ2) is 7.28. The maximum atomic E-state index is 6.15. The molecule has 1 atom stereocenters. The molecule has 2 nitrogen and oxygen atoms in total. The first kappa shape index (κ1) is 15.6. The summed E-state index contributed by atoms with van der Waals surface area (Å²) in [6, 6.07) is 8.13. The summed E-state index contributed by atoms with van der Waals surface area (Å²) >= 11 is 6.15. The van der Waals surface area contributed by atoms with Crippen LogP contribution in [0.3, 0.4) is 0 Å². The lowest BCUT2D eigenvalue weighted by Gasteiger charge is -2.17. The van der Waals surface area contributed by atoms with E-state index in [1.807, 2.05) is 31.2 Å². The van der Waals surface area contributed by atoms with E-state index in [-0.39, 0.29) is 5.92 Å². The van der Waals surface area contributed by atoms with Gasteiger partial charge in [-0.05, 0) is 48.3 Å². The Bertz CT molecular complexity index is 613. The molecule has 0 saturated carbocycles. The molecule has 21 heavy (non-hydrogen) atoms. The zero-order chi connectivity index (χ0) is 15.2. The van der Waals surface area contributed by atoms with Crippen molar-refractivity contribution >= 4 is 23.4 Å². The molecule has 1 aromatic rings. The summed E-state index contributed by atoms with van der Waals surface area (Å²) in [7, 11) is 0. The summed E-state index contributed by atoms with van der Waals surface area (Å²) in [6.45, 7) is 8.51. The Morgan fingerprint density at radius 2 is 2.24 bits per heavy atom. The van der Waals surface area contributed by atoms with Crippen LogP contribution in [0.25, 0.3) is 5.57 Å². The van der Waals surface area contributed by atoms with Gasteiger partial charge in [-0.25, -0.2) is 4.99 Å². The zero-order valence-corrected chi connectivity index (χ0v) is 13.2. The maximum absolute atomic E-state index is 6.15. The first-order chi connectivity index (χ1) is 10.1. The van der Waals surface area contributed by atoms with Crippen molar-refractivity contribution in [1.29, 1.82) is 0 Å². The highest BCUT2D eigenvalue weighted by Gasteiger charge is 2.17. The summed E-state index contributed by atoms with van der Waals surface area (Å²) in [5.41, 5.74) is 3.41. The third-order valence-electron chi connectivity index (χ3n) is 3.64. The van der Waals surface area contributed by atoms with Crippen molar-refractivity contribution in [1.82, 2.24) is 0 Å². The van der Waals surface area contributed by atoms with Gasteiger partial charge in [-0.2, -0.15) is 0 Å². The Hall–Kier alpha value is -1.80. The number of benzene rings is 1. The Morgan fingerprint density at radius 1 is 1.43 bits per heavy atom. The minimum absolute atomic E-state index is 0.225. The quantitative estimate of drug-likeness (QED) is 0.415. The van der Waals surface area contributed by atoms with Crippen LogP contribution in [0.15, 0.2) is 58.7 Å². The van der Waals surface area contributed by atoms with Crippen LogP contribution in [0.4, 0.5) is 0 Å². The van der Waals surface area contributed by atoms with Gasteiger partial charge in [0.25, 0.3) is 0 Å². The predicted molar refractivity (Wildman–Crippen MR) is 90.9 cm³/mol. The van der Waals surface area contributed by atoms with Gasteiger partial charge in [0.05, 0.1) is 6.61 Å². The highest BCUT2D eigenvalue weighted by molar-refractivity contribution is 6.30. The zero-order valence-electron chi connectivity index (χ0n) is 12.5. The summed E-state index contributed by atoms with van der Waals surface area (Å²) in [6.07, 6.45) is 6.47. The molecule has 1 aliphatic heterocycles. The van der Waals surface area contributed by atoms with Crippen molar-refractivity contribution in [3.05, 3.63) is 59.3 Å². The second-order valence-electron chi connectivity index (χ2n) is 5.05. The topological polar surface area (TPSA) is 21.6 Å². The molecule has 3 heteroatoms. The number of halogens is 1. The normalized spacial score (nSPS) is 18.2. The third-order valence-corrected chi connectivity index (χ3v) is 4.04. The van der Waals surface area contributed by atoms with Gasteiger partial charge in [0.2, 0.25) is 0 Å². The molecule has 0 fully saturated rings. The van der Waals surface area contributed by atoms with Crippen LogP contribution in [0.5, 0.6) is 5.75 Å². The molecule has 0 spiro atoms. The summed E-state index contributed by atoms with van der Waals surface area (Å²) < 4.78 is 5.72. The van der Waals surface area contributed by atoms with Gasteiger partial charge in [0.1, 0.15) is 10.9 Å². The average molecular weight is 302 g/mol. The number of aliphatic imine (C=N–C) groups is 1. The first-order valence-corrected chi connectivity index (χ1v) is 7.46. The van der Waals surface area contributed by atoms with Crippen molar-refractivity contribution < 1.29 is 4.74 Å². The molecular weight excluding hydrogens is 282 g/mol. The van der Waals surface area contributed by atoms with Crippen molar-refractivity contribution in [2.45, 2.75) is 20.3 Å². The molecule has 0 aliphatic carbocycles. The monoisotopic (exact) mass is 301 g/mol. The van der Waals surface area contributed by atoms with Gasteiger partial charge in [0, 0.05) is 12.1 Å². The fourth-order valence-electron chi connectivity index (χ4n) is 2.21. The van der Waals surface area contributed by atoms with Gasteiger partial charge in [-0.3, -0.25) is 0 Å². The molecule has 0 N–H and O–H groups in total. The third kappa shape index (κ3) is 3.85. The molecule has 0 aromatic heterocycles. The van der Waals surface area contributed by atoms with Gasteiger partial charge >= 0.3 is 0 Å². The van der Waals surface area contributed by atoms with Gasteiger partial charge in [0.15, 0.2) is 0 Å². The summed E-state index contributed by atoms with van der Waals surface area (Å²) in [5, 5.41) is 0.576. The second-order valence-corrected chi connectivity index (χ2v) is 5.41. The van der Waals surface area contributed by atoms with Gasteiger partial charge in [-0.1, -0.05) is 36.7 Å². The van der Waals surface area contributed by atoms with E-state index in [1.165, 1.54) is 5.57 Å². The number of hydrogen-bond donors (Lipinski definition) is 0. The molecular formula is C18H20ClNO. The summed E-state index contributed by atoms with van der Waals surface area (Å²) in [5.74, 6) is 1.10. The van der Waals surface area contributed by atoms with Crippen LogP contribution in [0, 0.1) is 5.92 Å². The predicted octanol–water partition coefficient (Wildman–Crippen LogP) is 5.22. The number of nitrogens with zero attached hydrogens (tertiary/aromatic N) is 1. The Balaban J connectivity index is 2.25. The van der Waals surface area contributed by atoms with Crippen LogP contribution < -0.4 is 4.74 Å². The molecule has 0 bridgehead atoms. The van der Waals surface area contributed by atoms with Crippen molar-refractivity contribution in [2.75, 3.05) is 6.61 Å². The lowest BCUT2D eigenvalue weighted by molar-refractivity contribution is 0.325. The molecule has 1 heterocycles.